The van der Waals surface area contributed by atoms with Crippen LogP contribution in [-0.2, 0) is 4.79 Å². The van der Waals surface area contributed by atoms with Gasteiger partial charge in [-0.1, -0.05) is 57.6 Å². The van der Waals surface area contributed by atoms with Gasteiger partial charge in [0, 0.05) is 13.0 Å². The van der Waals surface area contributed by atoms with Gasteiger partial charge in [0.2, 0.25) is 5.91 Å². The maximum atomic E-state index is 11.6. The van der Waals surface area contributed by atoms with Gasteiger partial charge in [-0.05, 0) is 32.9 Å². The van der Waals surface area contributed by atoms with Crippen LogP contribution in [0.5, 0.6) is 0 Å². The van der Waals surface area contributed by atoms with Crippen molar-refractivity contribution < 1.29 is 9.90 Å². The van der Waals surface area contributed by atoms with Gasteiger partial charge in [0.25, 0.3) is 0 Å². The smallest absolute Gasteiger partial charge is 0.224 e. The van der Waals surface area contributed by atoms with Gasteiger partial charge in [0.15, 0.2) is 0 Å². The van der Waals surface area contributed by atoms with Crippen LogP contribution in [0, 0.1) is 0 Å². The van der Waals surface area contributed by atoms with Crippen LogP contribution in [0.15, 0.2) is 12.2 Å². The molecule has 4 nitrogen and oxygen atoms in total. The summed E-state index contributed by atoms with van der Waals surface area (Å²) in [5, 5.41) is 11.6. The van der Waals surface area contributed by atoms with E-state index in [1.165, 1.54) is 32.1 Å². The summed E-state index contributed by atoms with van der Waals surface area (Å²) in [7, 11) is 2.05. The lowest BCUT2D eigenvalue weighted by Gasteiger charge is -2.17. The van der Waals surface area contributed by atoms with Crippen molar-refractivity contribution in [3.63, 3.8) is 0 Å². The zero-order chi connectivity index (χ0) is 16.5. The highest BCUT2D eigenvalue weighted by atomic mass is 16.2. The molecule has 2 N–H and O–H groups in total. The summed E-state index contributed by atoms with van der Waals surface area (Å²) < 4.78 is 0. The van der Waals surface area contributed by atoms with Crippen LogP contribution in [0.2, 0.25) is 0 Å². The molecule has 0 aliphatic heterocycles. The van der Waals surface area contributed by atoms with Crippen LogP contribution in [0.1, 0.15) is 71.1 Å². The van der Waals surface area contributed by atoms with Crippen molar-refractivity contribution in [2.24, 2.45) is 0 Å². The monoisotopic (exact) mass is 312 g/mol. The summed E-state index contributed by atoms with van der Waals surface area (Å²) >= 11 is 0. The minimum Gasteiger partial charge on any atom is -0.396 e. The molecule has 0 unspecified atom stereocenters. The van der Waals surface area contributed by atoms with Crippen LogP contribution in [0.25, 0.3) is 0 Å². The molecule has 130 valence electrons. The molecule has 0 atom stereocenters. The summed E-state index contributed by atoms with van der Waals surface area (Å²) in [5.41, 5.74) is 0. The molecule has 0 aliphatic carbocycles. The SMILES string of the molecule is CCC/C=C/CC(=O)NCN(C)CCCCCCCCCO. The van der Waals surface area contributed by atoms with E-state index in [9.17, 15) is 4.79 Å². The fourth-order valence-corrected chi connectivity index (χ4v) is 2.23. The molecule has 22 heavy (non-hydrogen) atoms. The van der Waals surface area contributed by atoms with Crippen LogP contribution < -0.4 is 5.32 Å². The second-order valence-corrected chi connectivity index (χ2v) is 6.00. The number of aliphatic hydroxyl groups excluding tert-OH is 1. The molecule has 4 heteroatoms. The Kier molecular flexibility index (Phi) is 15.8. The first-order valence-corrected chi connectivity index (χ1v) is 8.91. The summed E-state index contributed by atoms with van der Waals surface area (Å²) in [4.78, 5) is 13.8. The summed E-state index contributed by atoms with van der Waals surface area (Å²) in [6.45, 7) is 4.12. The quantitative estimate of drug-likeness (QED) is 0.277. The molecular formula is C18H36N2O2. The van der Waals surface area contributed by atoms with Crippen LogP contribution >= 0.6 is 0 Å². The average molecular weight is 312 g/mol. The highest BCUT2D eigenvalue weighted by Gasteiger charge is 2.01. The molecule has 0 bridgehead atoms. The Bertz CT molecular complexity index is 280. The van der Waals surface area contributed by atoms with Crippen molar-refractivity contribution >= 4 is 5.91 Å². The van der Waals surface area contributed by atoms with Crippen LogP contribution in [0.3, 0.4) is 0 Å². The Morgan fingerprint density at radius 2 is 1.68 bits per heavy atom. The minimum absolute atomic E-state index is 0.100. The fourth-order valence-electron chi connectivity index (χ4n) is 2.23. The van der Waals surface area contributed by atoms with Crippen LogP contribution in [0.4, 0.5) is 0 Å². The van der Waals surface area contributed by atoms with E-state index in [1.54, 1.807) is 0 Å². The Labute approximate surface area is 137 Å². The van der Waals surface area contributed by atoms with E-state index in [1.807, 2.05) is 6.08 Å². The topological polar surface area (TPSA) is 52.6 Å². The second-order valence-electron chi connectivity index (χ2n) is 6.00. The number of rotatable bonds is 15. The Morgan fingerprint density at radius 1 is 1.05 bits per heavy atom. The Morgan fingerprint density at radius 3 is 2.32 bits per heavy atom. The lowest BCUT2D eigenvalue weighted by atomic mass is 10.1. The van der Waals surface area contributed by atoms with E-state index < -0.39 is 0 Å². The molecule has 0 radical (unpaired) electrons. The Hall–Kier alpha value is -0.870. The lowest BCUT2D eigenvalue weighted by Crippen LogP contribution is -2.35. The zero-order valence-electron chi connectivity index (χ0n) is 14.6. The maximum Gasteiger partial charge on any atom is 0.224 e. The van der Waals surface area contributed by atoms with Gasteiger partial charge in [-0.25, -0.2) is 0 Å². The molecule has 0 aromatic heterocycles. The number of carbonyl (C=O) groups excluding carboxylic acids is 1. The molecule has 0 rings (SSSR count). The number of unbranched alkanes of at least 4 members (excludes halogenated alkanes) is 7. The first-order chi connectivity index (χ1) is 10.7. The third kappa shape index (κ3) is 15.5. The lowest BCUT2D eigenvalue weighted by molar-refractivity contribution is -0.120. The van der Waals surface area contributed by atoms with Gasteiger partial charge in [-0.15, -0.1) is 0 Å². The largest absolute Gasteiger partial charge is 0.396 e. The number of amides is 1. The van der Waals surface area contributed by atoms with Crippen molar-refractivity contribution in [1.82, 2.24) is 10.2 Å². The molecule has 0 saturated heterocycles. The molecule has 0 aromatic rings. The molecule has 0 aromatic carbocycles. The van der Waals surface area contributed by atoms with Gasteiger partial charge < -0.3 is 10.4 Å². The van der Waals surface area contributed by atoms with E-state index in [0.29, 0.717) is 19.7 Å². The van der Waals surface area contributed by atoms with Gasteiger partial charge in [0.05, 0.1) is 6.67 Å². The van der Waals surface area contributed by atoms with Crippen LogP contribution in [-0.4, -0.2) is 42.8 Å². The standard InChI is InChI=1S/C18H36N2O2/c1-3-4-5-11-14-18(22)19-17-20(2)15-12-9-7-6-8-10-13-16-21/h5,11,21H,3-4,6-10,12-17H2,1-2H3,(H,19,22)/b11-5+. The fraction of sp³-hybridized carbons (Fsp3) is 0.833. The third-order valence-electron chi connectivity index (χ3n) is 3.67. The number of hydrogen-bond acceptors (Lipinski definition) is 3. The number of allylic oxidation sites excluding steroid dienone is 1. The highest BCUT2D eigenvalue weighted by molar-refractivity contribution is 5.77. The number of nitrogens with zero attached hydrogens (tertiary/aromatic N) is 1. The van der Waals surface area contributed by atoms with Gasteiger partial charge >= 0.3 is 0 Å². The van der Waals surface area contributed by atoms with E-state index >= 15 is 0 Å². The Balaban J connectivity index is 3.38. The maximum absolute atomic E-state index is 11.6. The molecule has 0 heterocycles. The first-order valence-electron chi connectivity index (χ1n) is 8.91. The minimum atomic E-state index is 0.100. The number of nitrogens with one attached hydrogen (secondary N) is 1. The number of carbonyl (C=O) groups is 1. The van der Waals surface area contributed by atoms with Crippen molar-refractivity contribution in [3.05, 3.63) is 12.2 Å². The van der Waals surface area contributed by atoms with Crippen molar-refractivity contribution in [2.45, 2.75) is 71.1 Å². The van der Waals surface area contributed by atoms with Gasteiger partial charge in [-0.2, -0.15) is 0 Å². The van der Waals surface area contributed by atoms with Crippen molar-refractivity contribution in [1.29, 1.82) is 0 Å². The van der Waals surface area contributed by atoms with E-state index in [-0.39, 0.29) is 5.91 Å². The second kappa shape index (κ2) is 16.5. The summed E-state index contributed by atoms with van der Waals surface area (Å²) in [6.07, 6.45) is 15.0. The average Bonchev–Trinajstić information content (AvgIpc) is 2.52. The number of hydrogen-bond donors (Lipinski definition) is 2. The van der Waals surface area contributed by atoms with Crippen molar-refractivity contribution in [3.8, 4) is 0 Å². The summed E-state index contributed by atoms with van der Waals surface area (Å²) in [5.74, 6) is 0.100. The molecule has 0 aliphatic rings. The predicted molar refractivity (Wildman–Crippen MR) is 93.7 cm³/mol. The molecule has 1 amide bonds. The predicted octanol–water partition coefficient (Wildman–Crippen LogP) is 3.46. The molecule has 0 spiro atoms. The summed E-state index contributed by atoms with van der Waals surface area (Å²) in [6, 6.07) is 0. The van der Waals surface area contributed by atoms with Gasteiger partial charge in [0.1, 0.15) is 0 Å². The zero-order valence-corrected chi connectivity index (χ0v) is 14.6. The van der Waals surface area contributed by atoms with Gasteiger partial charge in [-0.3, -0.25) is 9.69 Å². The molecular weight excluding hydrogens is 276 g/mol. The third-order valence-corrected chi connectivity index (χ3v) is 3.67. The normalized spacial score (nSPS) is 11.5. The highest BCUT2D eigenvalue weighted by Crippen LogP contribution is 2.07. The molecule has 0 saturated carbocycles. The van der Waals surface area contributed by atoms with E-state index in [4.69, 9.17) is 5.11 Å². The van der Waals surface area contributed by atoms with E-state index in [2.05, 4.69) is 30.3 Å². The van der Waals surface area contributed by atoms with Crippen molar-refractivity contribution in [2.75, 3.05) is 26.9 Å². The molecule has 0 fully saturated rings. The first kappa shape index (κ1) is 21.1. The number of aliphatic hydroxyl groups is 1. The van der Waals surface area contributed by atoms with E-state index in [0.717, 1.165) is 32.2 Å².